The van der Waals surface area contributed by atoms with E-state index in [1.807, 2.05) is 13.0 Å². The van der Waals surface area contributed by atoms with Gasteiger partial charge in [0.05, 0.1) is 6.10 Å². The Balaban J connectivity index is 1.66. The van der Waals surface area contributed by atoms with Gasteiger partial charge >= 0.3 is 0 Å². The lowest BCUT2D eigenvalue weighted by atomic mass is 9.93. The van der Waals surface area contributed by atoms with Crippen LogP contribution in [0.4, 0.5) is 0 Å². The van der Waals surface area contributed by atoms with E-state index in [9.17, 15) is 9.59 Å². The Morgan fingerprint density at radius 1 is 1.06 bits per heavy atom. The third-order valence-corrected chi connectivity index (χ3v) is 6.51. The topological polar surface area (TPSA) is 97.2 Å². The van der Waals surface area contributed by atoms with Crippen molar-refractivity contribution in [2.45, 2.75) is 70.6 Å². The van der Waals surface area contributed by atoms with Gasteiger partial charge < -0.3 is 20.8 Å². The predicted octanol–water partition coefficient (Wildman–Crippen LogP) is 3.96. The maximum atomic E-state index is 13.2. The third-order valence-electron chi connectivity index (χ3n) is 6.29. The van der Waals surface area contributed by atoms with Crippen molar-refractivity contribution < 1.29 is 9.53 Å². The van der Waals surface area contributed by atoms with E-state index in [1.54, 1.807) is 12.1 Å². The fourth-order valence-corrected chi connectivity index (χ4v) is 4.75. The van der Waals surface area contributed by atoms with E-state index in [1.165, 1.54) is 0 Å². The molecule has 4 N–H and O–H groups in total. The number of pyridine rings is 1. The van der Waals surface area contributed by atoms with Crippen molar-refractivity contribution in [3.63, 3.8) is 0 Å². The van der Waals surface area contributed by atoms with Gasteiger partial charge in [-0.25, -0.2) is 0 Å². The lowest BCUT2D eigenvalue weighted by Crippen LogP contribution is -2.32. The number of allylic oxidation sites excluding steroid dienone is 2. The van der Waals surface area contributed by atoms with Crippen LogP contribution >= 0.6 is 11.6 Å². The number of hydrogen-bond donors (Lipinski definition) is 3. The monoisotopic (exact) mass is 455 g/mol. The molecule has 32 heavy (non-hydrogen) atoms. The molecule has 1 aromatic carbocycles. The minimum absolute atomic E-state index is 0.0690. The van der Waals surface area contributed by atoms with Gasteiger partial charge in [0, 0.05) is 40.0 Å². The Labute approximate surface area is 193 Å². The SMILES string of the molecule is Cc1cc2c(c(=O)[nH]1)CNC(=O)c1cc(Cl)cc(OC3CCC(N)CC3)c1C/C=C/CC2. The molecule has 2 heterocycles. The van der Waals surface area contributed by atoms with E-state index < -0.39 is 0 Å². The number of fused-ring (bicyclic) bond motifs is 2. The Morgan fingerprint density at radius 3 is 2.62 bits per heavy atom. The zero-order chi connectivity index (χ0) is 22.7. The Kier molecular flexibility index (Phi) is 7.01. The number of benzene rings is 1. The number of H-pyrrole nitrogens is 1. The first-order valence-electron chi connectivity index (χ1n) is 11.3. The number of carbonyl (C=O) groups excluding carboxylic acids is 1. The van der Waals surface area contributed by atoms with Crippen molar-refractivity contribution in [3.8, 4) is 5.75 Å². The van der Waals surface area contributed by atoms with Crippen LogP contribution in [0.2, 0.25) is 5.02 Å². The second-order valence-corrected chi connectivity index (χ2v) is 9.20. The summed E-state index contributed by atoms with van der Waals surface area (Å²) >= 11 is 6.38. The largest absolute Gasteiger partial charge is 0.490 e. The lowest BCUT2D eigenvalue weighted by Gasteiger charge is -2.28. The van der Waals surface area contributed by atoms with Crippen LogP contribution in [-0.4, -0.2) is 23.0 Å². The zero-order valence-electron chi connectivity index (χ0n) is 18.4. The van der Waals surface area contributed by atoms with E-state index >= 15 is 0 Å². The molecule has 0 spiro atoms. The van der Waals surface area contributed by atoms with E-state index in [0.29, 0.717) is 28.3 Å². The van der Waals surface area contributed by atoms with Crippen LogP contribution < -0.4 is 21.3 Å². The summed E-state index contributed by atoms with van der Waals surface area (Å²) in [4.78, 5) is 28.5. The van der Waals surface area contributed by atoms with Crippen molar-refractivity contribution in [2.24, 2.45) is 5.73 Å². The summed E-state index contributed by atoms with van der Waals surface area (Å²) in [5, 5.41) is 3.37. The highest BCUT2D eigenvalue weighted by atomic mass is 35.5. The van der Waals surface area contributed by atoms with Crippen LogP contribution in [0.15, 0.2) is 35.1 Å². The van der Waals surface area contributed by atoms with Gasteiger partial charge in [-0.05, 0) is 75.6 Å². The summed E-state index contributed by atoms with van der Waals surface area (Å²) in [6, 6.07) is 5.69. The van der Waals surface area contributed by atoms with Crippen molar-refractivity contribution >= 4 is 17.5 Å². The van der Waals surface area contributed by atoms with Crippen LogP contribution in [0.3, 0.4) is 0 Å². The Hall–Kier alpha value is -2.57. The molecule has 1 aromatic heterocycles. The number of nitrogens with one attached hydrogen (secondary N) is 2. The fraction of sp³-hybridized carbons (Fsp3) is 0.440. The van der Waals surface area contributed by atoms with Gasteiger partial charge in [-0.1, -0.05) is 23.8 Å². The average Bonchev–Trinajstić information content (AvgIpc) is 2.74. The van der Waals surface area contributed by atoms with E-state index in [2.05, 4.69) is 22.5 Å². The first-order chi connectivity index (χ1) is 15.4. The maximum Gasteiger partial charge on any atom is 0.253 e. The molecule has 0 unspecified atom stereocenters. The molecule has 7 heteroatoms. The van der Waals surface area contributed by atoms with Gasteiger partial charge in [0.2, 0.25) is 0 Å². The first-order valence-corrected chi connectivity index (χ1v) is 11.7. The molecule has 6 nitrogen and oxygen atoms in total. The van der Waals surface area contributed by atoms with Gasteiger partial charge in [0.25, 0.3) is 11.5 Å². The van der Waals surface area contributed by atoms with Gasteiger partial charge in [0.15, 0.2) is 0 Å². The number of halogens is 1. The van der Waals surface area contributed by atoms with Crippen LogP contribution in [0, 0.1) is 6.92 Å². The summed E-state index contributed by atoms with van der Waals surface area (Å²) < 4.78 is 6.34. The summed E-state index contributed by atoms with van der Waals surface area (Å²) in [7, 11) is 0. The number of hydrogen-bond acceptors (Lipinski definition) is 4. The van der Waals surface area contributed by atoms with E-state index in [0.717, 1.165) is 55.3 Å². The smallest absolute Gasteiger partial charge is 0.253 e. The molecule has 0 atom stereocenters. The molecule has 170 valence electrons. The number of aromatic amines is 1. The van der Waals surface area contributed by atoms with E-state index in [-0.39, 0.29) is 30.2 Å². The number of aromatic nitrogens is 1. The van der Waals surface area contributed by atoms with E-state index in [4.69, 9.17) is 22.1 Å². The Bertz CT molecular complexity index is 1080. The molecule has 0 radical (unpaired) electrons. The van der Waals surface area contributed by atoms with Gasteiger partial charge in [-0.15, -0.1) is 0 Å². The summed E-state index contributed by atoms with van der Waals surface area (Å²) in [6.07, 6.45) is 10.00. The summed E-state index contributed by atoms with van der Waals surface area (Å²) in [5.41, 5.74) is 9.54. The van der Waals surface area contributed by atoms with Gasteiger partial charge in [0.1, 0.15) is 5.75 Å². The highest BCUT2D eigenvalue weighted by Crippen LogP contribution is 2.32. The molecule has 4 rings (SSSR count). The molecular weight excluding hydrogens is 426 g/mol. The second-order valence-electron chi connectivity index (χ2n) is 8.77. The molecule has 1 aliphatic heterocycles. The quantitative estimate of drug-likeness (QED) is 0.597. The lowest BCUT2D eigenvalue weighted by molar-refractivity contribution is 0.0948. The summed E-state index contributed by atoms with van der Waals surface area (Å²) in [6.45, 7) is 2.03. The molecule has 1 fully saturated rings. The molecular formula is C25H30ClN3O3. The third kappa shape index (κ3) is 5.25. The number of aryl methyl sites for hydroxylation is 2. The molecule has 2 aromatic rings. The van der Waals surface area contributed by atoms with Crippen LogP contribution in [0.5, 0.6) is 5.75 Å². The molecule has 1 saturated carbocycles. The van der Waals surface area contributed by atoms with Gasteiger partial charge in [-0.3, -0.25) is 9.59 Å². The van der Waals surface area contributed by atoms with Gasteiger partial charge in [-0.2, -0.15) is 0 Å². The normalized spacial score (nSPS) is 22.5. The minimum atomic E-state index is -0.266. The van der Waals surface area contributed by atoms with Crippen molar-refractivity contribution in [1.82, 2.24) is 10.3 Å². The standard InChI is InChI=1S/C25H30ClN3O3/c1-15-11-16-5-3-2-4-6-20-21(24(30)28-14-22(16)25(31)29-15)12-17(26)13-23(20)32-19-9-7-18(27)8-10-19/h2,4,11-13,18-19H,3,5-10,14,27H2,1H3,(H,28,30)(H,29,31)/b4-2+. The molecule has 0 bridgehead atoms. The minimum Gasteiger partial charge on any atom is -0.490 e. The fourth-order valence-electron chi connectivity index (χ4n) is 4.54. The number of nitrogens with two attached hydrogens (primary N) is 1. The highest BCUT2D eigenvalue weighted by Gasteiger charge is 2.23. The predicted molar refractivity (Wildman–Crippen MR) is 126 cm³/mol. The van der Waals surface area contributed by atoms with Crippen molar-refractivity contribution in [3.05, 3.63) is 73.7 Å². The Morgan fingerprint density at radius 2 is 1.84 bits per heavy atom. The van der Waals surface area contributed by atoms with Crippen LogP contribution in [-0.2, 0) is 19.4 Å². The van der Waals surface area contributed by atoms with Crippen LogP contribution in [0.25, 0.3) is 0 Å². The van der Waals surface area contributed by atoms with Crippen molar-refractivity contribution in [2.75, 3.05) is 0 Å². The first kappa shape index (κ1) is 22.6. The molecule has 0 saturated heterocycles. The maximum absolute atomic E-state index is 13.2. The number of carbonyl (C=O) groups is 1. The molecule has 1 aliphatic carbocycles. The molecule has 2 aliphatic rings. The number of rotatable bonds is 2. The average molecular weight is 456 g/mol. The van der Waals surface area contributed by atoms with Crippen molar-refractivity contribution in [1.29, 1.82) is 0 Å². The number of ether oxygens (including phenoxy) is 1. The number of amides is 1. The summed E-state index contributed by atoms with van der Waals surface area (Å²) in [5.74, 6) is 0.386. The molecule has 1 amide bonds. The second kappa shape index (κ2) is 9.92. The van der Waals surface area contributed by atoms with Crippen LogP contribution in [0.1, 0.15) is 64.8 Å². The highest BCUT2D eigenvalue weighted by molar-refractivity contribution is 6.31. The zero-order valence-corrected chi connectivity index (χ0v) is 19.1.